The molecule has 1 N–H and O–H groups in total. The smallest absolute Gasteiger partial charge is 0.180 e. The van der Waals surface area contributed by atoms with Crippen LogP contribution in [0.4, 0.5) is 4.39 Å². The van der Waals surface area contributed by atoms with Gasteiger partial charge in [0, 0.05) is 0 Å². The highest BCUT2D eigenvalue weighted by Crippen LogP contribution is 2.18. The highest BCUT2D eigenvalue weighted by atomic mass is 19.1. The van der Waals surface area contributed by atoms with Crippen molar-refractivity contribution in [2.75, 3.05) is 20.7 Å². The third-order valence-corrected chi connectivity index (χ3v) is 1.67. The van der Waals surface area contributed by atoms with Crippen LogP contribution >= 0.6 is 0 Å². The second kappa shape index (κ2) is 5.25. The second-order valence-corrected chi connectivity index (χ2v) is 2.65. The average molecular weight is 193 g/mol. The van der Waals surface area contributed by atoms with Crippen molar-refractivity contribution in [3.05, 3.63) is 29.6 Å². The molecule has 14 heavy (non-hydrogen) atoms. The molecule has 0 aromatic heterocycles. The van der Waals surface area contributed by atoms with Crippen molar-refractivity contribution in [2.24, 2.45) is 0 Å². The Bertz CT molecular complexity index is 365. The molecule has 0 fully saturated rings. The van der Waals surface area contributed by atoms with E-state index in [4.69, 9.17) is 4.74 Å². The normalized spacial score (nSPS) is 9.07. The first-order chi connectivity index (χ1) is 6.79. The van der Waals surface area contributed by atoms with E-state index in [1.807, 2.05) is 0 Å². The van der Waals surface area contributed by atoms with E-state index >= 15 is 0 Å². The van der Waals surface area contributed by atoms with Gasteiger partial charge in [-0.05, 0) is 19.2 Å². The predicted octanol–water partition coefficient (Wildman–Crippen LogP) is 1.41. The third kappa shape index (κ3) is 2.48. The molecule has 0 saturated heterocycles. The summed E-state index contributed by atoms with van der Waals surface area (Å²) in [5.41, 5.74) is 0.361. The first-order valence-electron chi connectivity index (χ1n) is 4.25. The van der Waals surface area contributed by atoms with Crippen LogP contribution in [0.1, 0.15) is 5.56 Å². The maximum Gasteiger partial charge on any atom is 0.180 e. The lowest BCUT2D eigenvalue weighted by molar-refractivity contribution is 0.386. The highest BCUT2D eigenvalue weighted by Gasteiger charge is 2.04. The predicted molar refractivity (Wildman–Crippen MR) is 53.8 cm³/mol. The van der Waals surface area contributed by atoms with Crippen LogP contribution in [0.15, 0.2) is 18.2 Å². The zero-order valence-corrected chi connectivity index (χ0v) is 8.23. The summed E-state index contributed by atoms with van der Waals surface area (Å²) in [5, 5.41) is 2.86. The number of rotatable bonds is 2. The van der Waals surface area contributed by atoms with E-state index in [9.17, 15) is 4.39 Å². The fraction of sp³-hybridized carbons (Fsp3) is 0.273. The van der Waals surface area contributed by atoms with Crippen molar-refractivity contribution in [2.45, 2.75) is 0 Å². The van der Waals surface area contributed by atoms with Crippen molar-refractivity contribution in [3.8, 4) is 17.6 Å². The highest BCUT2D eigenvalue weighted by molar-refractivity contribution is 5.41. The Labute approximate surface area is 83.1 Å². The summed E-state index contributed by atoms with van der Waals surface area (Å²) in [6, 6.07) is 4.91. The second-order valence-electron chi connectivity index (χ2n) is 2.65. The summed E-state index contributed by atoms with van der Waals surface area (Å²) in [6.45, 7) is 0.538. The van der Waals surface area contributed by atoms with Gasteiger partial charge < -0.3 is 10.1 Å². The Hall–Kier alpha value is -1.53. The van der Waals surface area contributed by atoms with Crippen LogP contribution in [0.25, 0.3) is 0 Å². The van der Waals surface area contributed by atoms with Gasteiger partial charge in [0.15, 0.2) is 11.6 Å². The SMILES string of the molecule is CNCC#Cc1cccc(OC)c1F. The summed E-state index contributed by atoms with van der Waals surface area (Å²) >= 11 is 0. The van der Waals surface area contributed by atoms with Crippen LogP contribution in [-0.2, 0) is 0 Å². The van der Waals surface area contributed by atoms with Gasteiger partial charge in [-0.2, -0.15) is 0 Å². The Morgan fingerprint density at radius 3 is 2.93 bits per heavy atom. The Morgan fingerprint density at radius 2 is 2.29 bits per heavy atom. The lowest BCUT2D eigenvalue weighted by Crippen LogP contribution is -2.04. The number of methoxy groups -OCH3 is 1. The largest absolute Gasteiger partial charge is 0.494 e. The lowest BCUT2D eigenvalue weighted by atomic mass is 10.2. The molecule has 1 aromatic rings. The molecule has 0 aliphatic rings. The van der Waals surface area contributed by atoms with E-state index in [2.05, 4.69) is 17.2 Å². The number of hydrogen-bond acceptors (Lipinski definition) is 2. The molecule has 0 amide bonds. The molecule has 0 aliphatic heterocycles. The quantitative estimate of drug-likeness (QED) is 0.717. The van der Waals surface area contributed by atoms with E-state index in [-0.39, 0.29) is 5.75 Å². The van der Waals surface area contributed by atoms with Crippen LogP contribution < -0.4 is 10.1 Å². The standard InChI is InChI=1S/C11H12FNO/c1-13-8-4-6-9-5-3-7-10(14-2)11(9)12/h3,5,7,13H,8H2,1-2H3. The molecule has 0 saturated carbocycles. The lowest BCUT2D eigenvalue weighted by Gasteiger charge is -2.01. The van der Waals surface area contributed by atoms with Gasteiger partial charge in [0.2, 0.25) is 0 Å². The fourth-order valence-electron chi connectivity index (χ4n) is 0.993. The number of benzene rings is 1. The molecule has 1 rings (SSSR count). The molecule has 0 radical (unpaired) electrons. The zero-order valence-electron chi connectivity index (χ0n) is 8.23. The van der Waals surface area contributed by atoms with Crippen molar-refractivity contribution in [1.82, 2.24) is 5.32 Å². The summed E-state index contributed by atoms with van der Waals surface area (Å²) in [6.07, 6.45) is 0. The van der Waals surface area contributed by atoms with E-state index in [0.29, 0.717) is 12.1 Å². The monoisotopic (exact) mass is 193 g/mol. The molecule has 0 heterocycles. The van der Waals surface area contributed by atoms with Crippen molar-refractivity contribution in [1.29, 1.82) is 0 Å². The van der Waals surface area contributed by atoms with Gasteiger partial charge in [0.25, 0.3) is 0 Å². The Balaban J connectivity index is 2.94. The summed E-state index contributed by atoms with van der Waals surface area (Å²) in [5.74, 6) is 5.33. The topological polar surface area (TPSA) is 21.3 Å². The number of halogens is 1. The number of ether oxygens (including phenoxy) is 1. The number of hydrogen-bond donors (Lipinski definition) is 1. The zero-order chi connectivity index (χ0) is 10.4. The van der Waals surface area contributed by atoms with Gasteiger partial charge in [0.05, 0.1) is 19.2 Å². The van der Waals surface area contributed by atoms with Crippen LogP contribution in [-0.4, -0.2) is 20.7 Å². The minimum absolute atomic E-state index is 0.223. The molecule has 0 unspecified atom stereocenters. The Morgan fingerprint density at radius 1 is 1.50 bits per heavy atom. The van der Waals surface area contributed by atoms with E-state index < -0.39 is 5.82 Å². The fourth-order valence-corrected chi connectivity index (χ4v) is 0.993. The summed E-state index contributed by atoms with van der Waals surface area (Å²) in [7, 11) is 3.22. The number of nitrogens with one attached hydrogen (secondary N) is 1. The molecule has 3 heteroatoms. The van der Waals surface area contributed by atoms with Crippen LogP contribution in [0, 0.1) is 17.7 Å². The van der Waals surface area contributed by atoms with Crippen molar-refractivity contribution < 1.29 is 9.13 Å². The Kier molecular flexibility index (Phi) is 3.96. The summed E-state index contributed by atoms with van der Waals surface area (Å²) < 4.78 is 18.3. The molecule has 74 valence electrons. The molecular weight excluding hydrogens is 181 g/mol. The minimum atomic E-state index is -0.404. The molecule has 0 aliphatic carbocycles. The van der Waals surface area contributed by atoms with Crippen molar-refractivity contribution in [3.63, 3.8) is 0 Å². The minimum Gasteiger partial charge on any atom is -0.494 e. The van der Waals surface area contributed by atoms with Crippen LogP contribution in [0.5, 0.6) is 5.75 Å². The van der Waals surface area contributed by atoms with E-state index in [1.165, 1.54) is 7.11 Å². The van der Waals surface area contributed by atoms with E-state index in [0.717, 1.165) is 0 Å². The van der Waals surface area contributed by atoms with Crippen molar-refractivity contribution >= 4 is 0 Å². The van der Waals surface area contributed by atoms with Crippen LogP contribution in [0.3, 0.4) is 0 Å². The maximum atomic E-state index is 13.5. The average Bonchev–Trinajstić information content (AvgIpc) is 2.21. The molecule has 1 aromatic carbocycles. The van der Waals surface area contributed by atoms with Gasteiger partial charge in [0.1, 0.15) is 0 Å². The molecule has 0 bridgehead atoms. The third-order valence-electron chi connectivity index (χ3n) is 1.67. The van der Waals surface area contributed by atoms with Gasteiger partial charge in [-0.3, -0.25) is 0 Å². The van der Waals surface area contributed by atoms with Gasteiger partial charge in [-0.1, -0.05) is 17.9 Å². The molecule has 2 nitrogen and oxygen atoms in total. The summed E-state index contributed by atoms with van der Waals surface area (Å²) in [4.78, 5) is 0. The molecule has 0 atom stereocenters. The first kappa shape index (κ1) is 10.6. The van der Waals surface area contributed by atoms with Gasteiger partial charge >= 0.3 is 0 Å². The molecule has 0 spiro atoms. The van der Waals surface area contributed by atoms with Gasteiger partial charge in [-0.15, -0.1) is 0 Å². The van der Waals surface area contributed by atoms with Gasteiger partial charge in [-0.25, -0.2) is 4.39 Å². The van der Waals surface area contributed by atoms with Crippen LogP contribution in [0.2, 0.25) is 0 Å². The molecular formula is C11H12FNO. The maximum absolute atomic E-state index is 13.5. The van der Waals surface area contributed by atoms with E-state index in [1.54, 1.807) is 25.2 Å². The first-order valence-corrected chi connectivity index (χ1v) is 4.25.